The molecule has 1 aliphatic carbocycles. The number of rotatable bonds is 6. The van der Waals surface area contributed by atoms with Crippen molar-refractivity contribution in [1.29, 1.82) is 0 Å². The number of alkyl halides is 3. The third kappa shape index (κ3) is 5.73. The molecule has 0 amide bonds. The molecule has 0 atom stereocenters. The van der Waals surface area contributed by atoms with Gasteiger partial charge in [-0.3, -0.25) is 0 Å². The quantitative estimate of drug-likeness (QED) is 0.784. The van der Waals surface area contributed by atoms with Crippen LogP contribution in [0.1, 0.15) is 45.4 Å². The van der Waals surface area contributed by atoms with Gasteiger partial charge in [0, 0.05) is 6.54 Å². The van der Waals surface area contributed by atoms with Crippen LogP contribution < -0.4 is 5.32 Å². The average molecular weight is 253 g/mol. The fourth-order valence-corrected chi connectivity index (χ4v) is 2.30. The topological polar surface area (TPSA) is 21.3 Å². The number of nitrogens with one attached hydrogen (secondary N) is 1. The van der Waals surface area contributed by atoms with Crippen LogP contribution in [0.5, 0.6) is 0 Å². The summed E-state index contributed by atoms with van der Waals surface area (Å²) in [5.74, 6) is 0. The lowest BCUT2D eigenvalue weighted by atomic mass is 9.84. The van der Waals surface area contributed by atoms with Gasteiger partial charge in [-0.05, 0) is 19.4 Å². The molecule has 0 aliphatic heterocycles. The van der Waals surface area contributed by atoms with E-state index in [0.29, 0.717) is 6.54 Å². The van der Waals surface area contributed by atoms with E-state index in [0.717, 1.165) is 38.6 Å². The molecule has 102 valence electrons. The van der Waals surface area contributed by atoms with Gasteiger partial charge in [0.15, 0.2) is 0 Å². The Morgan fingerprint density at radius 3 is 2.35 bits per heavy atom. The Kier molecular flexibility index (Phi) is 5.73. The summed E-state index contributed by atoms with van der Waals surface area (Å²) >= 11 is 0. The maximum absolute atomic E-state index is 12.1. The summed E-state index contributed by atoms with van der Waals surface area (Å²) in [5, 5.41) is 3.20. The van der Waals surface area contributed by atoms with Crippen LogP contribution in [-0.4, -0.2) is 31.5 Å². The number of halogens is 3. The summed E-state index contributed by atoms with van der Waals surface area (Å²) < 4.78 is 41.8. The van der Waals surface area contributed by atoms with E-state index in [2.05, 4.69) is 5.32 Å². The summed E-state index contributed by atoms with van der Waals surface area (Å²) in [6.45, 7) is 3.27. The van der Waals surface area contributed by atoms with E-state index >= 15 is 0 Å². The first-order valence-electron chi connectivity index (χ1n) is 6.39. The largest absolute Gasteiger partial charge is 0.391 e. The molecule has 0 heterocycles. The van der Waals surface area contributed by atoms with Gasteiger partial charge < -0.3 is 10.1 Å². The monoisotopic (exact) mass is 253 g/mol. The van der Waals surface area contributed by atoms with Crippen LogP contribution in [0, 0.1) is 0 Å². The molecule has 0 saturated heterocycles. The predicted octanol–water partition coefficient (Wildman–Crippen LogP) is 3.27. The Morgan fingerprint density at radius 1 is 1.18 bits per heavy atom. The van der Waals surface area contributed by atoms with E-state index in [1.165, 1.54) is 0 Å². The fourth-order valence-electron chi connectivity index (χ4n) is 2.30. The molecule has 0 unspecified atom stereocenters. The van der Waals surface area contributed by atoms with Crippen molar-refractivity contribution in [2.75, 3.05) is 19.7 Å². The zero-order valence-electron chi connectivity index (χ0n) is 10.4. The predicted molar refractivity (Wildman–Crippen MR) is 61.0 cm³/mol. The molecule has 0 aromatic carbocycles. The van der Waals surface area contributed by atoms with Gasteiger partial charge in [-0.25, -0.2) is 0 Å². The molecule has 1 fully saturated rings. The summed E-state index contributed by atoms with van der Waals surface area (Å²) in [6.07, 6.45) is 0.0515. The molecule has 0 aromatic rings. The Hall–Kier alpha value is -0.290. The van der Waals surface area contributed by atoms with Crippen molar-refractivity contribution >= 4 is 0 Å². The Balaban J connectivity index is 2.40. The molecule has 2 nitrogen and oxygen atoms in total. The number of hydrogen-bond acceptors (Lipinski definition) is 2. The first kappa shape index (κ1) is 14.8. The van der Waals surface area contributed by atoms with E-state index in [-0.39, 0.29) is 12.2 Å². The minimum Gasteiger partial charge on any atom is -0.373 e. The van der Waals surface area contributed by atoms with E-state index < -0.39 is 12.6 Å². The molecule has 0 spiro atoms. The summed E-state index contributed by atoms with van der Waals surface area (Å²) in [7, 11) is 0. The maximum Gasteiger partial charge on any atom is 0.391 e. The molecule has 0 radical (unpaired) electrons. The SMILES string of the molecule is CCNCC1(OCCC(F)(F)F)CCCCC1. The van der Waals surface area contributed by atoms with Crippen LogP contribution in [0.4, 0.5) is 13.2 Å². The van der Waals surface area contributed by atoms with Crippen LogP contribution in [0.15, 0.2) is 0 Å². The van der Waals surface area contributed by atoms with E-state index in [4.69, 9.17) is 4.74 Å². The van der Waals surface area contributed by atoms with Gasteiger partial charge in [-0.15, -0.1) is 0 Å². The summed E-state index contributed by atoms with van der Waals surface area (Å²) in [5.41, 5.74) is -0.362. The Morgan fingerprint density at radius 2 is 1.82 bits per heavy atom. The maximum atomic E-state index is 12.1. The van der Waals surface area contributed by atoms with Crippen molar-refractivity contribution in [3.63, 3.8) is 0 Å². The molecule has 0 bridgehead atoms. The zero-order chi connectivity index (χ0) is 12.8. The lowest BCUT2D eigenvalue weighted by molar-refractivity contribution is -0.161. The van der Waals surface area contributed by atoms with Crippen LogP contribution in [0.25, 0.3) is 0 Å². The molecule has 17 heavy (non-hydrogen) atoms. The van der Waals surface area contributed by atoms with Gasteiger partial charge in [0.1, 0.15) is 0 Å². The van der Waals surface area contributed by atoms with Crippen LogP contribution >= 0.6 is 0 Å². The zero-order valence-corrected chi connectivity index (χ0v) is 10.4. The van der Waals surface area contributed by atoms with Gasteiger partial charge >= 0.3 is 6.18 Å². The summed E-state index contributed by atoms with van der Waals surface area (Å²) in [4.78, 5) is 0. The first-order valence-corrected chi connectivity index (χ1v) is 6.39. The first-order chi connectivity index (χ1) is 7.97. The Bertz CT molecular complexity index is 212. The van der Waals surface area contributed by atoms with Crippen molar-refractivity contribution in [3.8, 4) is 0 Å². The van der Waals surface area contributed by atoms with Gasteiger partial charge in [-0.2, -0.15) is 13.2 Å². The molecule has 1 N–H and O–H groups in total. The van der Waals surface area contributed by atoms with Gasteiger partial charge in [0.25, 0.3) is 0 Å². The highest BCUT2D eigenvalue weighted by molar-refractivity contribution is 4.86. The summed E-state index contributed by atoms with van der Waals surface area (Å²) in [6, 6.07) is 0. The lowest BCUT2D eigenvalue weighted by Crippen LogP contribution is -2.45. The fraction of sp³-hybridized carbons (Fsp3) is 1.00. The van der Waals surface area contributed by atoms with Crippen molar-refractivity contribution < 1.29 is 17.9 Å². The number of hydrogen-bond donors (Lipinski definition) is 1. The Labute approximate surface area is 101 Å². The van der Waals surface area contributed by atoms with Gasteiger partial charge in [0.2, 0.25) is 0 Å². The molecular weight excluding hydrogens is 231 g/mol. The lowest BCUT2D eigenvalue weighted by Gasteiger charge is -2.37. The number of ether oxygens (including phenoxy) is 1. The molecule has 0 aromatic heterocycles. The highest BCUT2D eigenvalue weighted by Crippen LogP contribution is 2.32. The van der Waals surface area contributed by atoms with Crippen LogP contribution in [-0.2, 0) is 4.74 Å². The van der Waals surface area contributed by atoms with Gasteiger partial charge in [0.05, 0.1) is 18.6 Å². The van der Waals surface area contributed by atoms with Crippen molar-refractivity contribution in [3.05, 3.63) is 0 Å². The number of likely N-dealkylation sites (N-methyl/N-ethyl adjacent to an activating group) is 1. The van der Waals surface area contributed by atoms with E-state index in [1.54, 1.807) is 0 Å². The molecule has 1 aliphatic rings. The van der Waals surface area contributed by atoms with Crippen LogP contribution in [0.3, 0.4) is 0 Å². The second-order valence-corrected chi connectivity index (χ2v) is 4.74. The standard InChI is InChI=1S/C12H22F3NO/c1-2-16-10-11(6-4-3-5-7-11)17-9-8-12(13,14)15/h16H,2-10H2,1H3. The second-order valence-electron chi connectivity index (χ2n) is 4.74. The van der Waals surface area contributed by atoms with Crippen molar-refractivity contribution in [2.45, 2.75) is 57.2 Å². The average Bonchev–Trinajstić information content (AvgIpc) is 2.26. The minimum absolute atomic E-state index is 0.213. The third-order valence-corrected chi connectivity index (χ3v) is 3.26. The van der Waals surface area contributed by atoms with Crippen LogP contribution in [0.2, 0.25) is 0 Å². The highest BCUT2D eigenvalue weighted by atomic mass is 19.4. The molecule has 1 rings (SSSR count). The highest BCUT2D eigenvalue weighted by Gasteiger charge is 2.34. The van der Waals surface area contributed by atoms with Crippen molar-refractivity contribution in [1.82, 2.24) is 5.32 Å². The van der Waals surface area contributed by atoms with E-state index in [9.17, 15) is 13.2 Å². The molecule has 1 saturated carbocycles. The van der Waals surface area contributed by atoms with Gasteiger partial charge in [-0.1, -0.05) is 26.2 Å². The third-order valence-electron chi connectivity index (χ3n) is 3.26. The molecule has 5 heteroatoms. The second kappa shape index (κ2) is 6.59. The normalized spacial score (nSPS) is 20.5. The minimum atomic E-state index is -4.12. The molecular formula is C12H22F3NO. The van der Waals surface area contributed by atoms with E-state index in [1.807, 2.05) is 6.92 Å². The van der Waals surface area contributed by atoms with Crippen molar-refractivity contribution in [2.24, 2.45) is 0 Å². The smallest absolute Gasteiger partial charge is 0.373 e.